The summed E-state index contributed by atoms with van der Waals surface area (Å²) in [5.41, 5.74) is 3.00. The van der Waals surface area contributed by atoms with Crippen molar-refractivity contribution >= 4 is 56.0 Å². The lowest BCUT2D eigenvalue weighted by Crippen LogP contribution is -2.33. The number of anilines is 2. The number of benzene rings is 2. The van der Waals surface area contributed by atoms with Gasteiger partial charge in [-0.3, -0.25) is 14.8 Å². The molecule has 3 aromatic rings. The summed E-state index contributed by atoms with van der Waals surface area (Å²) in [5.74, 6) is -0.297. The first-order valence-corrected chi connectivity index (χ1v) is 11.4. The topological polar surface area (TPSA) is 87.3 Å². The van der Waals surface area contributed by atoms with Crippen molar-refractivity contribution in [2.45, 2.75) is 18.7 Å². The molecule has 2 aromatic carbocycles. The Morgan fingerprint density at radius 3 is 2.38 bits per heavy atom. The predicted octanol–water partition coefficient (Wildman–Crippen LogP) is 4.29. The normalized spacial score (nSPS) is 11.0. The van der Waals surface area contributed by atoms with Crippen LogP contribution in [-0.4, -0.2) is 19.4 Å². The van der Waals surface area contributed by atoms with Gasteiger partial charge in [-0.05, 0) is 73.4 Å². The number of hydrogen-bond acceptors (Lipinski definition) is 5. The maximum atomic E-state index is 12.6. The van der Waals surface area contributed by atoms with Crippen LogP contribution in [0.15, 0.2) is 64.9 Å². The fraction of sp³-hybridized carbons (Fsp3) is 0.100. The monoisotopic (exact) mass is 445 g/mol. The Kier molecular flexibility index (Phi) is 6.31. The molecule has 150 valence electrons. The van der Waals surface area contributed by atoms with E-state index in [9.17, 15) is 13.2 Å². The van der Waals surface area contributed by atoms with E-state index in [0.717, 1.165) is 11.1 Å². The molecule has 9 heteroatoms. The van der Waals surface area contributed by atoms with E-state index in [2.05, 4.69) is 15.4 Å². The summed E-state index contributed by atoms with van der Waals surface area (Å²) in [6.07, 6.45) is 0. The van der Waals surface area contributed by atoms with Gasteiger partial charge in [-0.2, -0.15) is 0 Å². The first-order chi connectivity index (χ1) is 13.7. The average molecular weight is 446 g/mol. The summed E-state index contributed by atoms with van der Waals surface area (Å²) in [6, 6.07) is 15.1. The third-order valence-electron chi connectivity index (χ3n) is 4.02. The summed E-state index contributed by atoms with van der Waals surface area (Å²) in [4.78, 5) is 12.7. The largest absolute Gasteiger partial charge is 0.332 e. The van der Waals surface area contributed by atoms with E-state index in [-0.39, 0.29) is 15.9 Å². The van der Waals surface area contributed by atoms with Crippen LogP contribution < -0.4 is 15.4 Å². The quantitative estimate of drug-likeness (QED) is 0.510. The van der Waals surface area contributed by atoms with Crippen LogP contribution in [0.4, 0.5) is 11.4 Å². The predicted molar refractivity (Wildman–Crippen MR) is 121 cm³/mol. The van der Waals surface area contributed by atoms with Gasteiger partial charge in [-0.1, -0.05) is 23.8 Å². The van der Waals surface area contributed by atoms with Crippen LogP contribution in [0, 0.1) is 13.8 Å². The molecule has 0 spiro atoms. The van der Waals surface area contributed by atoms with Crippen LogP contribution in [0.2, 0.25) is 0 Å². The Morgan fingerprint density at radius 2 is 1.76 bits per heavy atom. The summed E-state index contributed by atoms with van der Waals surface area (Å²) >= 11 is 6.45. The fourth-order valence-corrected chi connectivity index (χ4v) is 4.54. The number of rotatable bonds is 5. The van der Waals surface area contributed by atoms with Crippen LogP contribution in [0.25, 0.3) is 0 Å². The zero-order chi connectivity index (χ0) is 21.0. The van der Waals surface area contributed by atoms with Gasteiger partial charge in [0.25, 0.3) is 15.9 Å². The Morgan fingerprint density at radius 1 is 1.03 bits per heavy atom. The fourth-order valence-electron chi connectivity index (χ4n) is 2.58. The van der Waals surface area contributed by atoms with E-state index in [1.54, 1.807) is 35.7 Å². The van der Waals surface area contributed by atoms with Crippen molar-refractivity contribution in [3.8, 4) is 0 Å². The molecule has 1 heterocycles. The molecule has 1 amide bonds. The molecule has 0 saturated heterocycles. The molecular weight excluding hydrogens is 426 g/mol. The number of thiocarbonyl (C=S) groups is 1. The molecular formula is C20H19N3O3S3. The third kappa shape index (κ3) is 5.41. The first-order valence-electron chi connectivity index (χ1n) is 8.60. The second-order valence-electron chi connectivity index (χ2n) is 6.33. The number of carbonyl (C=O) groups excluding carboxylic acids is 1. The zero-order valence-corrected chi connectivity index (χ0v) is 18.2. The second-order valence-corrected chi connectivity index (χ2v) is 9.37. The van der Waals surface area contributed by atoms with Gasteiger partial charge in [0.2, 0.25) is 0 Å². The van der Waals surface area contributed by atoms with Crippen LogP contribution in [0.3, 0.4) is 0 Å². The van der Waals surface area contributed by atoms with Crippen molar-refractivity contribution in [2.75, 3.05) is 10.0 Å². The molecule has 0 saturated carbocycles. The van der Waals surface area contributed by atoms with Crippen LogP contribution in [0.1, 0.15) is 20.8 Å². The van der Waals surface area contributed by atoms with Crippen LogP contribution in [0.5, 0.6) is 0 Å². The molecule has 3 rings (SSSR count). The molecule has 0 fully saturated rings. The SMILES string of the molecule is Cc1ccc(NS(=O)(=O)c2ccc(NC(=S)NC(=O)c3cccs3)cc2)c(C)c1. The van der Waals surface area contributed by atoms with Gasteiger partial charge in [0.15, 0.2) is 5.11 Å². The highest BCUT2D eigenvalue weighted by Gasteiger charge is 2.15. The lowest BCUT2D eigenvalue weighted by Gasteiger charge is -2.12. The molecule has 0 aliphatic carbocycles. The van der Waals surface area contributed by atoms with Crippen molar-refractivity contribution in [1.29, 1.82) is 0 Å². The lowest BCUT2D eigenvalue weighted by molar-refractivity contribution is 0.0981. The van der Waals surface area contributed by atoms with Crippen molar-refractivity contribution in [3.05, 3.63) is 76.0 Å². The van der Waals surface area contributed by atoms with Crippen molar-refractivity contribution < 1.29 is 13.2 Å². The number of hydrogen-bond donors (Lipinski definition) is 3. The van der Waals surface area contributed by atoms with Crippen molar-refractivity contribution in [1.82, 2.24) is 5.32 Å². The Hall–Kier alpha value is -2.75. The Labute approximate surface area is 179 Å². The van der Waals surface area contributed by atoms with E-state index in [0.29, 0.717) is 16.3 Å². The van der Waals surface area contributed by atoms with Crippen LogP contribution in [-0.2, 0) is 10.0 Å². The van der Waals surface area contributed by atoms with Crippen molar-refractivity contribution in [2.24, 2.45) is 0 Å². The number of nitrogens with one attached hydrogen (secondary N) is 3. The van der Waals surface area contributed by atoms with Crippen LogP contribution >= 0.6 is 23.6 Å². The van der Waals surface area contributed by atoms with Gasteiger partial charge in [0.05, 0.1) is 15.5 Å². The molecule has 0 radical (unpaired) electrons. The molecule has 0 aliphatic rings. The molecule has 0 aliphatic heterocycles. The average Bonchev–Trinajstić information content (AvgIpc) is 3.19. The highest BCUT2D eigenvalue weighted by atomic mass is 32.2. The number of aryl methyl sites for hydroxylation is 2. The molecule has 0 atom stereocenters. The lowest BCUT2D eigenvalue weighted by atomic mass is 10.1. The van der Waals surface area contributed by atoms with E-state index in [1.807, 2.05) is 26.0 Å². The standard InChI is InChI=1S/C20H19N3O3S3/c1-13-5-10-17(14(2)12-13)23-29(25,26)16-8-6-15(7-9-16)21-20(27)22-19(24)18-4-3-11-28-18/h3-12,23H,1-2H3,(H2,21,22,24,27). The number of amides is 1. The smallest absolute Gasteiger partial charge is 0.267 e. The van der Waals surface area contributed by atoms with Gasteiger partial charge in [-0.15, -0.1) is 11.3 Å². The zero-order valence-electron chi connectivity index (χ0n) is 15.7. The first kappa shape index (κ1) is 21.0. The molecule has 3 N–H and O–H groups in total. The number of sulfonamides is 1. The minimum Gasteiger partial charge on any atom is -0.332 e. The maximum absolute atomic E-state index is 12.6. The third-order valence-corrected chi connectivity index (χ3v) is 6.47. The summed E-state index contributed by atoms with van der Waals surface area (Å²) in [7, 11) is -3.72. The molecule has 29 heavy (non-hydrogen) atoms. The highest BCUT2D eigenvalue weighted by molar-refractivity contribution is 7.92. The van der Waals surface area contributed by atoms with Gasteiger partial charge in [0, 0.05) is 5.69 Å². The minimum atomic E-state index is -3.72. The minimum absolute atomic E-state index is 0.122. The van der Waals surface area contributed by atoms with Gasteiger partial charge in [0.1, 0.15) is 0 Å². The highest BCUT2D eigenvalue weighted by Crippen LogP contribution is 2.22. The van der Waals surface area contributed by atoms with Gasteiger partial charge >= 0.3 is 0 Å². The van der Waals surface area contributed by atoms with Gasteiger partial charge < -0.3 is 5.32 Å². The van der Waals surface area contributed by atoms with E-state index >= 15 is 0 Å². The Balaban J connectivity index is 1.65. The second kappa shape index (κ2) is 8.73. The summed E-state index contributed by atoms with van der Waals surface area (Å²) in [6.45, 7) is 3.80. The molecule has 0 unspecified atom stereocenters. The van der Waals surface area contributed by atoms with E-state index in [4.69, 9.17) is 12.2 Å². The van der Waals surface area contributed by atoms with Crippen molar-refractivity contribution in [3.63, 3.8) is 0 Å². The van der Waals surface area contributed by atoms with E-state index in [1.165, 1.54) is 23.5 Å². The summed E-state index contributed by atoms with van der Waals surface area (Å²) < 4.78 is 27.9. The van der Waals surface area contributed by atoms with E-state index < -0.39 is 10.0 Å². The molecule has 1 aromatic heterocycles. The summed E-state index contributed by atoms with van der Waals surface area (Å²) in [5, 5.41) is 7.38. The molecule has 6 nitrogen and oxygen atoms in total. The Bertz CT molecular complexity index is 1140. The number of carbonyl (C=O) groups is 1. The maximum Gasteiger partial charge on any atom is 0.267 e. The van der Waals surface area contributed by atoms with Gasteiger partial charge in [-0.25, -0.2) is 8.42 Å². The molecule has 0 bridgehead atoms. The number of thiophene rings is 1.